The van der Waals surface area contributed by atoms with Crippen molar-refractivity contribution in [2.75, 3.05) is 13.7 Å². The van der Waals surface area contributed by atoms with Crippen molar-refractivity contribution in [2.45, 2.75) is 51.0 Å². The molecule has 1 aliphatic carbocycles. The highest BCUT2D eigenvalue weighted by atomic mass is 16.5. The SMILES string of the molecule is COC(=O)C(O)CNC(=O)CCC1CCCCC1. The normalized spacial score (nSPS) is 18.1. The summed E-state index contributed by atoms with van der Waals surface area (Å²) in [7, 11) is 1.20. The van der Waals surface area contributed by atoms with Gasteiger partial charge in [0, 0.05) is 6.42 Å². The topological polar surface area (TPSA) is 75.6 Å². The molecule has 0 saturated heterocycles. The van der Waals surface area contributed by atoms with E-state index in [0.717, 1.165) is 6.42 Å². The number of hydrogen-bond donors (Lipinski definition) is 2. The molecule has 2 N–H and O–H groups in total. The second-order valence-corrected chi connectivity index (χ2v) is 4.89. The number of ether oxygens (including phenoxy) is 1. The van der Waals surface area contributed by atoms with E-state index in [2.05, 4.69) is 10.1 Å². The zero-order valence-corrected chi connectivity index (χ0v) is 11.0. The molecule has 1 rings (SSSR count). The third kappa shape index (κ3) is 5.49. The molecule has 0 aromatic rings. The van der Waals surface area contributed by atoms with Crippen LogP contribution in [-0.4, -0.2) is 36.7 Å². The average molecular weight is 257 g/mol. The first-order chi connectivity index (χ1) is 8.63. The molecule has 0 heterocycles. The molecule has 1 atom stereocenters. The average Bonchev–Trinajstić information content (AvgIpc) is 2.42. The number of aliphatic hydroxyl groups is 1. The Hall–Kier alpha value is -1.10. The molecule has 1 fully saturated rings. The first-order valence-electron chi connectivity index (χ1n) is 6.66. The maximum Gasteiger partial charge on any atom is 0.336 e. The zero-order valence-electron chi connectivity index (χ0n) is 11.0. The molecule has 0 spiro atoms. The van der Waals surface area contributed by atoms with E-state index in [1.165, 1.54) is 39.2 Å². The van der Waals surface area contributed by atoms with Crippen molar-refractivity contribution in [2.24, 2.45) is 5.92 Å². The van der Waals surface area contributed by atoms with Crippen LogP contribution >= 0.6 is 0 Å². The Balaban J connectivity index is 2.11. The molecule has 0 aromatic carbocycles. The van der Waals surface area contributed by atoms with E-state index in [9.17, 15) is 14.7 Å². The minimum Gasteiger partial charge on any atom is -0.467 e. The van der Waals surface area contributed by atoms with E-state index < -0.39 is 12.1 Å². The van der Waals surface area contributed by atoms with Crippen molar-refractivity contribution in [3.05, 3.63) is 0 Å². The van der Waals surface area contributed by atoms with Gasteiger partial charge >= 0.3 is 5.97 Å². The standard InChI is InChI=1S/C13H23NO4/c1-18-13(17)11(15)9-14-12(16)8-7-10-5-3-2-4-6-10/h10-11,15H,2-9H2,1H3,(H,14,16). The molecule has 18 heavy (non-hydrogen) atoms. The van der Waals surface area contributed by atoms with Gasteiger partial charge in [-0.15, -0.1) is 0 Å². The van der Waals surface area contributed by atoms with Gasteiger partial charge < -0.3 is 15.2 Å². The van der Waals surface area contributed by atoms with Gasteiger partial charge in [0.2, 0.25) is 5.91 Å². The van der Waals surface area contributed by atoms with Crippen LogP contribution in [0.4, 0.5) is 0 Å². The first-order valence-corrected chi connectivity index (χ1v) is 6.66. The third-order valence-electron chi connectivity index (χ3n) is 3.47. The summed E-state index contributed by atoms with van der Waals surface area (Å²) < 4.78 is 4.36. The molecule has 0 aromatic heterocycles. The van der Waals surface area contributed by atoms with Gasteiger partial charge in [-0.1, -0.05) is 32.1 Å². The lowest BCUT2D eigenvalue weighted by atomic mass is 9.86. The zero-order chi connectivity index (χ0) is 13.4. The van der Waals surface area contributed by atoms with E-state index in [-0.39, 0.29) is 12.5 Å². The molecular weight excluding hydrogens is 234 g/mol. The summed E-state index contributed by atoms with van der Waals surface area (Å²) in [5.74, 6) is -0.166. The van der Waals surface area contributed by atoms with Crippen LogP contribution in [-0.2, 0) is 14.3 Å². The van der Waals surface area contributed by atoms with E-state index in [1.807, 2.05) is 0 Å². The van der Waals surface area contributed by atoms with Crippen molar-refractivity contribution in [3.8, 4) is 0 Å². The second kappa shape index (κ2) is 8.08. The van der Waals surface area contributed by atoms with Crippen LogP contribution in [0.25, 0.3) is 0 Å². The Bertz CT molecular complexity index is 274. The highest BCUT2D eigenvalue weighted by Gasteiger charge is 2.17. The van der Waals surface area contributed by atoms with Crippen LogP contribution in [0.2, 0.25) is 0 Å². The van der Waals surface area contributed by atoms with E-state index in [0.29, 0.717) is 12.3 Å². The van der Waals surface area contributed by atoms with Gasteiger partial charge in [-0.2, -0.15) is 0 Å². The Morgan fingerprint density at radius 3 is 2.61 bits per heavy atom. The number of rotatable bonds is 6. The lowest BCUT2D eigenvalue weighted by Crippen LogP contribution is -2.37. The van der Waals surface area contributed by atoms with Crippen molar-refractivity contribution >= 4 is 11.9 Å². The highest BCUT2D eigenvalue weighted by molar-refractivity contribution is 5.78. The molecule has 5 heteroatoms. The summed E-state index contributed by atoms with van der Waals surface area (Å²) in [5, 5.41) is 11.8. The maximum atomic E-state index is 11.5. The molecule has 0 radical (unpaired) electrons. The predicted molar refractivity (Wildman–Crippen MR) is 66.8 cm³/mol. The molecular formula is C13H23NO4. The van der Waals surface area contributed by atoms with E-state index in [1.54, 1.807) is 0 Å². The Morgan fingerprint density at radius 1 is 1.33 bits per heavy atom. The van der Waals surface area contributed by atoms with Gasteiger partial charge in [-0.3, -0.25) is 4.79 Å². The lowest BCUT2D eigenvalue weighted by Gasteiger charge is -2.21. The number of carbonyl (C=O) groups is 2. The summed E-state index contributed by atoms with van der Waals surface area (Å²) in [6, 6.07) is 0. The van der Waals surface area contributed by atoms with Crippen molar-refractivity contribution in [1.82, 2.24) is 5.32 Å². The van der Waals surface area contributed by atoms with Crippen LogP contribution in [0.5, 0.6) is 0 Å². The fourth-order valence-corrected chi connectivity index (χ4v) is 2.33. The minimum atomic E-state index is -1.27. The van der Waals surface area contributed by atoms with Gasteiger partial charge in [0.25, 0.3) is 0 Å². The van der Waals surface area contributed by atoms with Gasteiger partial charge in [0.1, 0.15) is 0 Å². The van der Waals surface area contributed by atoms with Gasteiger partial charge in [-0.05, 0) is 12.3 Å². The number of nitrogens with one attached hydrogen (secondary N) is 1. The molecule has 1 unspecified atom stereocenters. The highest BCUT2D eigenvalue weighted by Crippen LogP contribution is 2.27. The molecule has 0 bridgehead atoms. The van der Waals surface area contributed by atoms with E-state index >= 15 is 0 Å². The van der Waals surface area contributed by atoms with Crippen molar-refractivity contribution in [1.29, 1.82) is 0 Å². The number of methoxy groups -OCH3 is 1. The molecule has 104 valence electrons. The van der Waals surface area contributed by atoms with Gasteiger partial charge in [0.15, 0.2) is 6.10 Å². The van der Waals surface area contributed by atoms with Crippen LogP contribution in [0.1, 0.15) is 44.9 Å². The number of hydrogen-bond acceptors (Lipinski definition) is 4. The Kier molecular flexibility index (Phi) is 6.72. The fourth-order valence-electron chi connectivity index (χ4n) is 2.33. The minimum absolute atomic E-state index is 0.0732. The Labute approximate surface area is 108 Å². The van der Waals surface area contributed by atoms with Crippen LogP contribution in [0, 0.1) is 5.92 Å². The quantitative estimate of drug-likeness (QED) is 0.696. The summed E-state index contributed by atoms with van der Waals surface area (Å²) in [4.78, 5) is 22.4. The van der Waals surface area contributed by atoms with Crippen LogP contribution in [0.15, 0.2) is 0 Å². The second-order valence-electron chi connectivity index (χ2n) is 4.89. The molecule has 5 nitrogen and oxygen atoms in total. The summed E-state index contributed by atoms with van der Waals surface area (Å²) in [6.45, 7) is -0.0732. The number of esters is 1. The predicted octanol–water partition coefficient (Wildman–Crippen LogP) is 0.997. The summed E-state index contributed by atoms with van der Waals surface area (Å²) >= 11 is 0. The smallest absolute Gasteiger partial charge is 0.336 e. The maximum absolute atomic E-state index is 11.5. The van der Waals surface area contributed by atoms with Gasteiger partial charge in [-0.25, -0.2) is 4.79 Å². The van der Waals surface area contributed by atoms with Crippen LogP contribution in [0.3, 0.4) is 0 Å². The molecule has 1 saturated carbocycles. The largest absolute Gasteiger partial charge is 0.467 e. The molecule has 1 amide bonds. The molecule has 1 aliphatic rings. The van der Waals surface area contributed by atoms with Crippen molar-refractivity contribution < 1.29 is 19.4 Å². The number of amides is 1. The van der Waals surface area contributed by atoms with E-state index in [4.69, 9.17) is 0 Å². The third-order valence-corrected chi connectivity index (χ3v) is 3.47. The van der Waals surface area contributed by atoms with Crippen LogP contribution < -0.4 is 5.32 Å². The number of carbonyl (C=O) groups excluding carboxylic acids is 2. The van der Waals surface area contributed by atoms with Gasteiger partial charge in [0.05, 0.1) is 13.7 Å². The summed E-state index contributed by atoms with van der Waals surface area (Å²) in [5.41, 5.74) is 0. The lowest BCUT2D eigenvalue weighted by molar-refractivity contribution is -0.150. The first kappa shape index (κ1) is 15.0. The number of aliphatic hydroxyl groups excluding tert-OH is 1. The fraction of sp³-hybridized carbons (Fsp3) is 0.846. The monoisotopic (exact) mass is 257 g/mol. The Morgan fingerprint density at radius 2 is 2.00 bits per heavy atom. The van der Waals surface area contributed by atoms with Crippen molar-refractivity contribution in [3.63, 3.8) is 0 Å². The summed E-state index contributed by atoms with van der Waals surface area (Å²) in [6.07, 6.45) is 6.40. The molecule has 0 aliphatic heterocycles.